The number of aryl methyl sites for hydroxylation is 2. The average Bonchev–Trinajstić information content (AvgIpc) is 2.31. The Labute approximate surface area is 97.2 Å². The highest BCUT2D eigenvalue weighted by Gasteiger charge is 2.00. The molecule has 1 heteroatoms. The van der Waals surface area contributed by atoms with Crippen molar-refractivity contribution in [3.63, 3.8) is 0 Å². The fourth-order valence-corrected chi connectivity index (χ4v) is 1.96. The molecule has 2 aromatic rings. The average molecular weight is 211 g/mol. The molecule has 1 nitrogen and oxygen atoms in total. The van der Waals surface area contributed by atoms with Gasteiger partial charge in [-0.25, -0.2) is 0 Å². The molecule has 1 aromatic heterocycles. The van der Waals surface area contributed by atoms with Gasteiger partial charge in [0.2, 0.25) is 0 Å². The minimum Gasteiger partial charge on any atom is -0.261 e. The Bertz CT molecular complexity index is 460. The summed E-state index contributed by atoms with van der Waals surface area (Å²) < 4.78 is 0. The summed E-state index contributed by atoms with van der Waals surface area (Å²) in [5.41, 5.74) is 5.14. The number of rotatable bonds is 3. The van der Waals surface area contributed by atoms with Crippen LogP contribution in [0.2, 0.25) is 0 Å². The Morgan fingerprint density at radius 2 is 1.81 bits per heavy atom. The van der Waals surface area contributed by atoms with E-state index in [4.69, 9.17) is 0 Å². The molecule has 0 saturated heterocycles. The number of hydrogen-bond donors (Lipinski definition) is 0. The summed E-state index contributed by atoms with van der Waals surface area (Å²) in [4.78, 5) is 4.49. The standard InChI is InChI=1S/C15H17N/c1-3-15-12(2)9-14(11-16-15)10-13-7-5-4-6-8-13/h4-9,11H,3,10H2,1-2H3. The van der Waals surface area contributed by atoms with Gasteiger partial charge < -0.3 is 0 Å². The van der Waals surface area contributed by atoms with Crippen molar-refractivity contribution < 1.29 is 0 Å². The Morgan fingerprint density at radius 1 is 1.06 bits per heavy atom. The molecule has 0 unspecified atom stereocenters. The Balaban J connectivity index is 2.20. The molecule has 0 bridgehead atoms. The minimum absolute atomic E-state index is 0.971. The topological polar surface area (TPSA) is 12.9 Å². The van der Waals surface area contributed by atoms with Gasteiger partial charge in [0.15, 0.2) is 0 Å². The lowest BCUT2D eigenvalue weighted by molar-refractivity contribution is 0.987. The van der Waals surface area contributed by atoms with Crippen molar-refractivity contribution in [3.05, 3.63) is 65.0 Å². The van der Waals surface area contributed by atoms with Crippen LogP contribution in [-0.2, 0) is 12.8 Å². The van der Waals surface area contributed by atoms with Crippen LogP contribution >= 0.6 is 0 Å². The molecule has 82 valence electrons. The zero-order valence-electron chi connectivity index (χ0n) is 9.90. The molecular weight excluding hydrogens is 194 g/mol. The number of nitrogens with zero attached hydrogens (tertiary/aromatic N) is 1. The van der Waals surface area contributed by atoms with E-state index in [1.165, 1.54) is 22.4 Å². The first kappa shape index (κ1) is 10.9. The Hall–Kier alpha value is -1.63. The smallest absolute Gasteiger partial charge is 0.0430 e. The molecule has 1 aromatic carbocycles. The lowest BCUT2D eigenvalue weighted by Crippen LogP contribution is -1.96. The normalized spacial score (nSPS) is 10.4. The quantitative estimate of drug-likeness (QED) is 0.756. The van der Waals surface area contributed by atoms with E-state index in [2.05, 4.69) is 49.2 Å². The molecule has 0 aliphatic carbocycles. The van der Waals surface area contributed by atoms with Crippen molar-refractivity contribution >= 4 is 0 Å². The Morgan fingerprint density at radius 3 is 2.44 bits per heavy atom. The molecule has 0 aliphatic rings. The van der Waals surface area contributed by atoms with Crippen molar-refractivity contribution in [1.29, 1.82) is 0 Å². The van der Waals surface area contributed by atoms with Crippen LogP contribution in [0, 0.1) is 6.92 Å². The number of aromatic nitrogens is 1. The van der Waals surface area contributed by atoms with Crippen LogP contribution in [0.3, 0.4) is 0 Å². The summed E-state index contributed by atoms with van der Waals surface area (Å²) >= 11 is 0. The van der Waals surface area contributed by atoms with Crippen molar-refractivity contribution in [2.75, 3.05) is 0 Å². The Kier molecular flexibility index (Phi) is 3.35. The number of benzene rings is 1. The maximum atomic E-state index is 4.49. The highest BCUT2D eigenvalue weighted by atomic mass is 14.7. The lowest BCUT2D eigenvalue weighted by atomic mass is 10.0. The van der Waals surface area contributed by atoms with Gasteiger partial charge in [0.1, 0.15) is 0 Å². The van der Waals surface area contributed by atoms with E-state index in [0.717, 1.165) is 12.8 Å². The summed E-state index contributed by atoms with van der Waals surface area (Å²) in [7, 11) is 0. The number of hydrogen-bond acceptors (Lipinski definition) is 1. The van der Waals surface area contributed by atoms with Gasteiger partial charge >= 0.3 is 0 Å². The zero-order valence-corrected chi connectivity index (χ0v) is 9.90. The van der Waals surface area contributed by atoms with Gasteiger partial charge in [-0.05, 0) is 36.5 Å². The van der Waals surface area contributed by atoms with E-state index in [-0.39, 0.29) is 0 Å². The largest absolute Gasteiger partial charge is 0.261 e. The van der Waals surface area contributed by atoms with E-state index >= 15 is 0 Å². The molecule has 0 fully saturated rings. The van der Waals surface area contributed by atoms with E-state index in [9.17, 15) is 0 Å². The summed E-state index contributed by atoms with van der Waals surface area (Å²) in [6.45, 7) is 4.28. The highest BCUT2D eigenvalue weighted by molar-refractivity contribution is 5.29. The number of pyridine rings is 1. The van der Waals surface area contributed by atoms with Crippen LogP contribution in [0.4, 0.5) is 0 Å². The minimum atomic E-state index is 0.971. The van der Waals surface area contributed by atoms with Crippen molar-refractivity contribution in [2.24, 2.45) is 0 Å². The first-order valence-electron chi connectivity index (χ1n) is 5.78. The van der Waals surface area contributed by atoms with Crippen molar-refractivity contribution in [1.82, 2.24) is 4.98 Å². The SMILES string of the molecule is CCc1ncc(Cc2ccccc2)cc1C. The predicted molar refractivity (Wildman–Crippen MR) is 67.6 cm³/mol. The van der Waals surface area contributed by atoms with Crippen LogP contribution in [0.15, 0.2) is 42.6 Å². The second-order valence-corrected chi connectivity index (χ2v) is 4.12. The monoisotopic (exact) mass is 211 g/mol. The molecule has 0 N–H and O–H groups in total. The predicted octanol–water partition coefficient (Wildman–Crippen LogP) is 3.54. The molecule has 0 radical (unpaired) electrons. The molecule has 0 atom stereocenters. The third-order valence-electron chi connectivity index (χ3n) is 2.83. The second kappa shape index (κ2) is 4.93. The fraction of sp³-hybridized carbons (Fsp3) is 0.267. The molecule has 0 amide bonds. The van der Waals surface area contributed by atoms with Gasteiger partial charge in [-0.15, -0.1) is 0 Å². The lowest BCUT2D eigenvalue weighted by Gasteiger charge is -2.06. The van der Waals surface area contributed by atoms with Gasteiger partial charge in [-0.2, -0.15) is 0 Å². The summed E-state index contributed by atoms with van der Waals surface area (Å²) in [5.74, 6) is 0. The van der Waals surface area contributed by atoms with Crippen LogP contribution in [0.1, 0.15) is 29.3 Å². The molecule has 0 saturated carbocycles. The maximum absolute atomic E-state index is 4.49. The van der Waals surface area contributed by atoms with Gasteiger partial charge in [0, 0.05) is 11.9 Å². The van der Waals surface area contributed by atoms with Crippen molar-refractivity contribution in [2.45, 2.75) is 26.7 Å². The van der Waals surface area contributed by atoms with Crippen LogP contribution in [0.5, 0.6) is 0 Å². The molecule has 0 aliphatic heterocycles. The van der Waals surface area contributed by atoms with Crippen LogP contribution < -0.4 is 0 Å². The molecule has 1 heterocycles. The van der Waals surface area contributed by atoms with E-state index in [1.54, 1.807) is 0 Å². The van der Waals surface area contributed by atoms with Gasteiger partial charge in [0.25, 0.3) is 0 Å². The summed E-state index contributed by atoms with van der Waals surface area (Å²) in [6.07, 6.45) is 3.98. The maximum Gasteiger partial charge on any atom is 0.0430 e. The van der Waals surface area contributed by atoms with Crippen LogP contribution in [-0.4, -0.2) is 4.98 Å². The van der Waals surface area contributed by atoms with E-state index in [0.29, 0.717) is 0 Å². The van der Waals surface area contributed by atoms with Gasteiger partial charge in [-0.1, -0.05) is 43.3 Å². The summed E-state index contributed by atoms with van der Waals surface area (Å²) in [6, 6.07) is 12.8. The third kappa shape index (κ3) is 2.48. The first-order chi connectivity index (χ1) is 7.79. The fourth-order valence-electron chi connectivity index (χ4n) is 1.96. The molecule has 2 rings (SSSR count). The zero-order chi connectivity index (χ0) is 11.4. The molecular formula is C15H17N. The molecule has 0 spiro atoms. The van der Waals surface area contributed by atoms with Crippen LogP contribution in [0.25, 0.3) is 0 Å². The first-order valence-corrected chi connectivity index (χ1v) is 5.78. The van der Waals surface area contributed by atoms with Gasteiger partial charge in [-0.3, -0.25) is 4.98 Å². The summed E-state index contributed by atoms with van der Waals surface area (Å²) in [5, 5.41) is 0. The van der Waals surface area contributed by atoms with E-state index < -0.39 is 0 Å². The van der Waals surface area contributed by atoms with Crippen molar-refractivity contribution in [3.8, 4) is 0 Å². The second-order valence-electron chi connectivity index (χ2n) is 4.12. The highest BCUT2D eigenvalue weighted by Crippen LogP contribution is 2.12. The third-order valence-corrected chi connectivity index (χ3v) is 2.83. The van der Waals surface area contributed by atoms with Gasteiger partial charge in [0.05, 0.1) is 0 Å². The van der Waals surface area contributed by atoms with E-state index in [1.807, 2.05) is 12.3 Å². The molecule has 16 heavy (non-hydrogen) atoms.